The van der Waals surface area contributed by atoms with Crippen LogP contribution in [0.25, 0.3) is 70.9 Å². The number of nitrogens with zero attached hydrogens (tertiary/aromatic N) is 2. The standard InChI is InChI=1S/C48H32N2/c1-3-13-33(14-4-1)34-23-26-37(27-24-34)49(48-32-45-39-18-8-7-15-35(39)25-29-41(45)40-19-9-10-20-42(40)48)38-28-30-44-43-21-11-12-22-46(43)50(47(44)31-38)36-16-5-2-6-17-36/h1-32H. The molecule has 0 bridgehead atoms. The molecule has 1 heterocycles. The second-order valence-corrected chi connectivity index (χ2v) is 13.0. The van der Waals surface area contributed by atoms with Crippen molar-refractivity contribution in [2.45, 2.75) is 0 Å². The van der Waals surface area contributed by atoms with Crippen molar-refractivity contribution < 1.29 is 0 Å². The van der Waals surface area contributed by atoms with Gasteiger partial charge in [-0.2, -0.15) is 0 Å². The van der Waals surface area contributed by atoms with Crippen LogP contribution in [-0.4, -0.2) is 4.57 Å². The molecule has 10 rings (SSSR count). The van der Waals surface area contributed by atoms with Crippen molar-refractivity contribution in [3.05, 3.63) is 194 Å². The largest absolute Gasteiger partial charge is 0.310 e. The normalized spacial score (nSPS) is 11.6. The number of aromatic nitrogens is 1. The molecule has 2 heteroatoms. The topological polar surface area (TPSA) is 8.17 Å². The summed E-state index contributed by atoms with van der Waals surface area (Å²) in [5, 5.41) is 9.97. The maximum absolute atomic E-state index is 2.45. The number of hydrogen-bond acceptors (Lipinski definition) is 1. The van der Waals surface area contributed by atoms with Crippen LogP contribution in [0.2, 0.25) is 0 Å². The molecule has 0 spiro atoms. The molecular weight excluding hydrogens is 605 g/mol. The smallest absolute Gasteiger partial charge is 0.0561 e. The Morgan fingerprint density at radius 2 is 0.880 bits per heavy atom. The van der Waals surface area contributed by atoms with Crippen LogP contribution in [0.1, 0.15) is 0 Å². The van der Waals surface area contributed by atoms with E-state index in [-0.39, 0.29) is 0 Å². The average molecular weight is 637 g/mol. The minimum absolute atomic E-state index is 1.11. The Labute approximate surface area is 290 Å². The molecule has 1 aromatic heterocycles. The molecule has 0 amide bonds. The summed E-state index contributed by atoms with van der Waals surface area (Å²) in [7, 11) is 0. The maximum atomic E-state index is 2.45. The summed E-state index contributed by atoms with van der Waals surface area (Å²) in [5.74, 6) is 0. The fraction of sp³-hybridized carbons (Fsp3) is 0. The Balaban J connectivity index is 1.28. The van der Waals surface area contributed by atoms with Gasteiger partial charge in [0.1, 0.15) is 0 Å². The van der Waals surface area contributed by atoms with Gasteiger partial charge in [-0.05, 0) is 86.6 Å². The molecule has 234 valence electrons. The Bertz CT molecular complexity index is 2850. The fourth-order valence-electron chi connectivity index (χ4n) is 7.84. The third kappa shape index (κ3) is 4.50. The molecule has 0 aliphatic rings. The third-order valence-electron chi connectivity index (χ3n) is 10.1. The average Bonchev–Trinajstić information content (AvgIpc) is 3.52. The highest BCUT2D eigenvalue weighted by atomic mass is 15.1. The second kappa shape index (κ2) is 11.5. The molecule has 0 aliphatic carbocycles. The van der Waals surface area contributed by atoms with Gasteiger partial charge < -0.3 is 9.47 Å². The molecule has 0 saturated carbocycles. The highest BCUT2D eigenvalue weighted by Gasteiger charge is 2.21. The molecule has 0 fully saturated rings. The second-order valence-electron chi connectivity index (χ2n) is 13.0. The Morgan fingerprint density at radius 3 is 1.68 bits per heavy atom. The van der Waals surface area contributed by atoms with Gasteiger partial charge in [-0.25, -0.2) is 0 Å². The zero-order valence-corrected chi connectivity index (χ0v) is 27.4. The van der Waals surface area contributed by atoms with Gasteiger partial charge in [-0.3, -0.25) is 0 Å². The molecule has 0 unspecified atom stereocenters. The van der Waals surface area contributed by atoms with Gasteiger partial charge in [0.2, 0.25) is 0 Å². The molecule has 0 saturated heterocycles. The van der Waals surface area contributed by atoms with E-state index < -0.39 is 0 Å². The van der Waals surface area contributed by atoms with Crippen molar-refractivity contribution in [3.8, 4) is 16.8 Å². The first kappa shape index (κ1) is 28.4. The Morgan fingerprint density at radius 1 is 0.320 bits per heavy atom. The van der Waals surface area contributed by atoms with Gasteiger partial charge in [0.25, 0.3) is 0 Å². The molecule has 10 aromatic rings. The predicted molar refractivity (Wildman–Crippen MR) is 213 cm³/mol. The van der Waals surface area contributed by atoms with E-state index in [1.807, 2.05) is 0 Å². The number of benzene rings is 9. The lowest BCUT2D eigenvalue weighted by atomic mass is 9.95. The van der Waals surface area contributed by atoms with Gasteiger partial charge in [0.15, 0.2) is 0 Å². The lowest BCUT2D eigenvalue weighted by Gasteiger charge is -2.28. The van der Waals surface area contributed by atoms with Crippen LogP contribution in [0.3, 0.4) is 0 Å². The summed E-state index contributed by atoms with van der Waals surface area (Å²) in [6.45, 7) is 0. The first-order valence-electron chi connectivity index (χ1n) is 17.2. The third-order valence-corrected chi connectivity index (χ3v) is 10.1. The lowest BCUT2D eigenvalue weighted by molar-refractivity contribution is 1.18. The number of anilines is 3. The van der Waals surface area contributed by atoms with Crippen molar-refractivity contribution in [1.29, 1.82) is 0 Å². The van der Waals surface area contributed by atoms with E-state index in [0.717, 1.165) is 22.7 Å². The van der Waals surface area contributed by atoms with Crippen LogP contribution >= 0.6 is 0 Å². The summed E-state index contributed by atoms with van der Waals surface area (Å²) in [6.07, 6.45) is 0. The van der Waals surface area contributed by atoms with Gasteiger partial charge in [0.05, 0.1) is 16.7 Å². The van der Waals surface area contributed by atoms with Crippen LogP contribution < -0.4 is 4.90 Å². The van der Waals surface area contributed by atoms with E-state index >= 15 is 0 Å². The monoisotopic (exact) mass is 636 g/mol. The van der Waals surface area contributed by atoms with Crippen LogP contribution in [0.5, 0.6) is 0 Å². The van der Waals surface area contributed by atoms with Crippen molar-refractivity contribution in [3.63, 3.8) is 0 Å². The summed E-state index contributed by atoms with van der Waals surface area (Å²) in [6, 6.07) is 70.5. The van der Waals surface area contributed by atoms with Crippen LogP contribution in [-0.2, 0) is 0 Å². The Hall–Kier alpha value is -6.64. The number of rotatable bonds is 5. The minimum atomic E-state index is 1.11. The molecule has 0 atom stereocenters. The van der Waals surface area contributed by atoms with Crippen LogP contribution in [0.4, 0.5) is 17.1 Å². The van der Waals surface area contributed by atoms with Crippen molar-refractivity contribution in [2.24, 2.45) is 0 Å². The lowest BCUT2D eigenvalue weighted by Crippen LogP contribution is -2.11. The zero-order chi connectivity index (χ0) is 33.0. The summed E-state index contributed by atoms with van der Waals surface area (Å²) in [5.41, 5.74) is 9.30. The van der Waals surface area contributed by atoms with Crippen LogP contribution in [0, 0.1) is 0 Å². The van der Waals surface area contributed by atoms with E-state index in [0.29, 0.717) is 0 Å². The fourth-order valence-corrected chi connectivity index (χ4v) is 7.84. The molecule has 50 heavy (non-hydrogen) atoms. The predicted octanol–water partition coefficient (Wildman–Crippen LogP) is 13.4. The van der Waals surface area contributed by atoms with Crippen molar-refractivity contribution in [1.82, 2.24) is 4.57 Å². The number of para-hydroxylation sites is 2. The first-order valence-corrected chi connectivity index (χ1v) is 17.2. The van der Waals surface area contributed by atoms with Crippen molar-refractivity contribution in [2.75, 3.05) is 4.90 Å². The first-order chi connectivity index (χ1) is 24.8. The van der Waals surface area contributed by atoms with E-state index in [2.05, 4.69) is 204 Å². The quantitative estimate of drug-likeness (QED) is 0.171. The maximum Gasteiger partial charge on any atom is 0.0561 e. The van der Waals surface area contributed by atoms with Gasteiger partial charge in [0, 0.05) is 33.2 Å². The van der Waals surface area contributed by atoms with E-state index in [4.69, 9.17) is 0 Å². The summed E-state index contributed by atoms with van der Waals surface area (Å²) >= 11 is 0. The van der Waals surface area contributed by atoms with E-state index in [1.54, 1.807) is 0 Å². The highest BCUT2D eigenvalue weighted by molar-refractivity contribution is 6.21. The molecular formula is C48H32N2. The molecule has 9 aromatic carbocycles. The molecule has 0 aliphatic heterocycles. The van der Waals surface area contributed by atoms with Gasteiger partial charge >= 0.3 is 0 Å². The van der Waals surface area contributed by atoms with Gasteiger partial charge in [-0.1, -0.05) is 146 Å². The number of hydrogen-bond donors (Lipinski definition) is 0. The minimum Gasteiger partial charge on any atom is -0.310 e. The molecule has 0 N–H and O–H groups in total. The number of fused-ring (bicyclic) bond motifs is 8. The Kier molecular flexibility index (Phi) is 6.53. The summed E-state index contributed by atoms with van der Waals surface area (Å²) in [4.78, 5) is 2.45. The highest BCUT2D eigenvalue weighted by Crippen LogP contribution is 2.45. The molecule has 2 nitrogen and oxygen atoms in total. The van der Waals surface area contributed by atoms with Crippen LogP contribution in [0.15, 0.2) is 194 Å². The SMILES string of the molecule is c1ccc(-c2ccc(N(c3ccc4c5ccccc5n(-c5ccccc5)c4c3)c3cc4c5ccccc5ccc4c4ccccc34)cc2)cc1. The molecule has 0 radical (unpaired) electrons. The zero-order valence-electron chi connectivity index (χ0n) is 27.4. The van der Waals surface area contributed by atoms with E-state index in [9.17, 15) is 0 Å². The van der Waals surface area contributed by atoms with Gasteiger partial charge in [-0.15, -0.1) is 0 Å². The van der Waals surface area contributed by atoms with Crippen molar-refractivity contribution >= 4 is 71.2 Å². The van der Waals surface area contributed by atoms with E-state index in [1.165, 1.54) is 65.3 Å². The summed E-state index contributed by atoms with van der Waals surface area (Å²) < 4.78 is 2.40.